The van der Waals surface area contributed by atoms with Gasteiger partial charge in [0.15, 0.2) is 11.6 Å². The van der Waals surface area contributed by atoms with Crippen LogP contribution in [0.5, 0.6) is 0 Å². The van der Waals surface area contributed by atoms with Crippen LogP contribution in [0.15, 0.2) is 12.1 Å². The van der Waals surface area contributed by atoms with E-state index in [9.17, 15) is 8.78 Å². The van der Waals surface area contributed by atoms with E-state index in [1.54, 1.807) is 6.07 Å². The molecule has 2 aliphatic carbocycles. The van der Waals surface area contributed by atoms with Crippen molar-refractivity contribution in [2.45, 2.75) is 25.2 Å². The van der Waals surface area contributed by atoms with E-state index in [-0.39, 0.29) is 5.52 Å². The van der Waals surface area contributed by atoms with Crippen LogP contribution in [0.2, 0.25) is 0 Å². The highest BCUT2D eigenvalue weighted by atomic mass is 19.2. The summed E-state index contributed by atoms with van der Waals surface area (Å²) in [5.74, 6) is 1.29. The summed E-state index contributed by atoms with van der Waals surface area (Å²) in [4.78, 5) is 7.37. The molecule has 1 N–H and O–H groups in total. The first kappa shape index (κ1) is 9.57. The zero-order chi connectivity index (χ0) is 11.6. The van der Waals surface area contributed by atoms with Gasteiger partial charge in [0.1, 0.15) is 11.3 Å². The Kier molecular flexibility index (Phi) is 1.72. The van der Waals surface area contributed by atoms with Crippen LogP contribution in [0, 0.1) is 23.5 Å². The Hall–Kier alpha value is -1.45. The highest BCUT2D eigenvalue weighted by Gasteiger charge is 2.47. The summed E-state index contributed by atoms with van der Waals surface area (Å²) < 4.78 is 26.6. The van der Waals surface area contributed by atoms with Gasteiger partial charge in [-0.3, -0.25) is 0 Å². The molecule has 1 aromatic heterocycles. The summed E-state index contributed by atoms with van der Waals surface area (Å²) in [6.45, 7) is 0. The van der Waals surface area contributed by atoms with Gasteiger partial charge in [0.2, 0.25) is 0 Å². The van der Waals surface area contributed by atoms with Crippen LogP contribution < -0.4 is 0 Å². The summed E-state index contributed by atoms with van der Waals surface area (Å²) in [7, 11) is 0. The van der Waals surface area contributed by atoms with Gasteiger partial charge in [0.25, 0.3) is 0 Å². The first-order chi connectivity index (χ1) is 8.22. The maximum atomic E-state index is 13.5. The zero-order valence-electron chi connectivity index (χ0n) is 9.21. The molecule has 2 fully saturated rings. The number of rotatable bonds is 1. The second-order valence-electron chi connectivity index (χ2n) is 5.30. The van der Waals surface area contributed by atoms with E-state index < -0.39 is 11.6 Å². The maximum Gasteiger partial charge on any atom is 0.186 e. The summed E-state index contributed by atoms with van der Waals surface area (Å²) in [6, 6.07) is 2.70. The lowest BCUT2D eigenvalue weighted by Crippen LogP contribution is -1.97. The van der Waals surface area contributed by atoms with E-state index in [1.807, 2.05) is 0 Å². The molecule has 2 nitrogen and oxygen atoms in total. The van der Waals surface area contributed by atoms with Gasteiger partial charge in [-0.15, -0.1) is 0 Å². The molecule has 2 aromatic rings. The van der Waals surface area contributed by atoms with Crippen molar-refractivity contribution in [1.82, 2.24) is 9.97 Å². The molecule has 17 heavy (non-hydrogen) atoms. The number of hydrogen-bond donors (Lipinski definition) is 1. The molecule has 1 aromatic carbocycles. The van der Waals surface area contributed by atoms with Crippen molar-refractivity contribution in [1.29, 1.82) is 0 Å². The van der Waals surface area contributed by atoms with Gasteiger partial charge in [0.05, 0.1) is 5.52 Å². The fourth-order valence-corrected chi connectivity index (χ4v) is 3.17. The van der Waals surface area contributed by atoms with Crippen LogP contribution in [0.25, 0.3) is 11.0 Å². The molecule has 0 amide bonds. The lowest BCUT2D eigenvalue weighted by atomic mass is 10.0. The number of benzene rings is 1. The molecule has 0 saturated heterocycles. The Morgan fingerprint density at radius 1 is 1.12 bits per heavy atom. The number of nitrogens with zero attached hydrogens (tertiary/aromatic N) is 1. The Bertz CT molecular complexity index is 595. The largest absolute Gasteiger partial charge is 0.342 e. The van der Waals surface area contributed by atoms with Crippen molar-refractivity contribution < 1.29 is 8.78 Å². The van der Waals surface area contributed by atoms with E-state index in [2.05, 4.69) is 9.97 Å². The summed E-state index contributed by atoms with van der Waals surface area (Å²) in [6.07, 6.45) is 3.64. The van der Waals surface area contributed by atoms with Gasteiger partial charge in [-0.25, -0.2) is 13.8 Å². The smallest absolute Gasteiger partial charge is 0.186 e. The van der Waals surface area contributed by atoms with E-state index in [1.165, 1.54) is 6.42 Å². The molecule has 2 atom stereocenters. The molecular formula is C13H12F2N2. The molecule has 0 aliphatic heterocycles. The van der Waals surface area contributed by atoms with E-state index in [0.717, 1.165) is 36.6 Å². The average Bonchev–Trinajstić information content (AvgIpc) is 2.80. The van der Waals surface area contributed by atoms with Crippen molar-refractivity contribution in [3.8, 4) is 0 Å². The number of nitrogens with one attached hydrogen (secondary N) is 1. The van der Waals surface area contributed by atoms with Crippen LogP contribution in [0.4, 0.5) is 8.78 Å². The minimum absolute atomic E-state index is 0.139. The number of aromatic nitrogens is 2. The molecular weight excluding hydrogens is 222 g/mol. The van der Waals surface area contributed by atoms with Gasteiger partial charge >= 0.3 is 0 Å². The Labute approximate surface area is 97.1 Å². The molecule has 0 spiro atoms. The zero-order valence-corrected chi connectivity index (χ0v) is 9.21. The number of imidazole rings is 1. The third-order valence-corrected chi connectivity index (χ3v) is 4.19. The molecule has 0 radical (unpaired) electrons. The van der Waals surface area contributed by atoms with Gasteiger partial charge < -0.3 is 4.98 Å². The molecule has 1 heterocycles. The Morgan fingerprint density at radius 2 is 1.88 bits per heavy atom. The average molecular weight is 234 g/mol. The predicted molar refractivity (Wildman–Crippen MR) is 59.6 cm³/mol. The summed E-state index contributed by atoms with van der Waals surface area (Å²) in [5, 5.41) is 0. The lowest BCUT2D eigenvalue weighted by Gasteiger charge is -2.06. The molecule has 2 aliphatic rings. The molecule has 2 saturated carbocycles. The second kappa shape index (κ2) is 3.06. The predicted octanol–water partition coefficient (Wildman–Crippen LogP) is 3.35. The SMILES string of the molecule is Fc1ccc2[nH]c(C3CC4CC4C3)nc2c1F. The Morgan fingerprint density at radius 3 is 2.65 bits per heavy atom. The minimum atomic E-state index is -0.840. The quantitative estimate of drug-likeness (QED) is 0.805. The molecule has 88 valence electrons. The first-order valence-electron chi connectivity index (χ1n) is 6.06. The van der Waals surface area contributed by atoms with Crippen LogP contribution >= 0.6 is 0 Å². The van der Waals surface area contributed by atoms with Gasteiger partial charge in [0, 0.05) is 5.92 Å². The maximum absolute atomic E-state index is 13.5. The van der Waals surface area contributed by atoms with Gasteiger partial charge in [-0.2, -0.15) is 0 Å². The van der Waals surface area contributed by atoms with Crippen LogP contribution in [-0.4, -0.2) is 9.97 Å². The highest BCUT2D eigenvalue weighted by molar-refractivity contribution is 5.75. The van der Waals surface area contributed by atoms with Crippen LogP contribution in [0.1, 0.15) is 31.0 Å². The number of fused-ring (bicyclic) bond motifs is 2. The monoisotopic (exact) mass is 234 g/mol. The van der Waals surface area contributed by atoms with Crippen molar-refractivity contribution in [2.24, 2.45) is 11.8 Å². The van der Waals surface area contributed by atoms with Crippen LogP contribution in [-0.2, 0) is 0 Å². The van der Waals surface area contributed by atoms with E-state index in [0.29, 0.717) is 11.4 Å². The molecule has 0 bridgehead atoms. The van der Waals surface area contributed by atoms with Crippen molar-refractivity contribution in [3.63, 3.8) is 0 Å². The number of H-pyrrole nitrogens is 1. The molecule has 4 heteroatoms. The minimum Gasteiger partial charge on any atom is -0.342 e. The third-order valence-electron chi connectivity index (χ3n) is 4.19. The Balaban J connectivity index is 1.79. The lowest BCUT2D eigenvalue weighted by molar-refractivity contribution is 0.515. The molecule has 2 unspecified atom stereocenters. The standard InChI is InChI=1S/C13H12F2N2/c14-9-1-2-10-12(11(9)15)17-13(16-10)8-4-6-3-7(6)5-8/h1-2,6-8H,3-5H2,(H,16,17). The van der Waals surface area contributed by atoms with Crippen molar-refractivity contribution in [2.75, 3.05) is 0 Å². The van der Waals surface area contributed by atoms with E-state index in [4.69, 9.17) is 0 Å². The van der Waals surface area contributed by atoms with E-state index >= 15 is 0 Å². The van der Waals surface area contributed by atoms with Crippen molar-refractivity contribution >= 4 is 11.0 Å². The second-order valence-corrected chi connectivity index (χ2v) is 5.30. The van der Waals surface area contributed by atoms with Crippen molar-refractivity contribution in [3.05, 3.63) is 29.6 Å². The molecule has 4 rings (SSSR count). The summed E-state index contributed by atoms with van der Waals surface area (Å²) in [5.41, 5.74) is 0.736. The topological polar surface area (TPSA) is 28.7 Å². The van der Waals surface area contributed by atoms with Gasteiger partial charge in [-0.1, -0.05) is 0 Å². The summed E-state index contributed by atoms with van der Waals surface area (Å²) >= 11 is 0. The van der Waals surface area contributed by atoms with Crippen LogP contribution in [0.3, 0.4) is 0 Å². The first-order valence-corrected chi connectivity index (χ1v) is 6.06. The fourth-order valence-electron chi connectivity index (χ4n) is 3.17. The highest BCUT2D eigenvalue weighted by Crippen LogP contribution is 2.57. The third kappa shape index (κ3) is 1.33. The number of aromatic amines is 1. The number of halogens is 2. The normalized spacial score (nSPS) is 30.8. The van der Waals surface area contributed by atoms with Gasteiger partial charge in [-0.05, 0) is 43.2 Å². The fraction of sp³-hybridized carbons (Fsp3) is 0.462. The number of hydrogen-bond acceptors (Lipinski definition) is 1.